The largest absolute Gasteiger partial charge is 0.257 e. The van der Waals surface area contributed by atoms with Crippen LogP contribution in [0.3, 0.4) is 0 Å². The van der Waals surface area contributed by atoms with Gasteiger partial charge in [0.2, 0.25) is 0 Å². The van der Waals surface area contributed by atoms with Gasteiger partial charge in [-0.05, 0) is 46.4 Å². The molecule has 3 heteroatoms. The number of rotatable bonds is 6. The second kappa shape index (κ2) is 11.2. The number of halogens is 1. The highest BCUT2D eigenvalue weighted by atomic mass is 35.5. The molecule has 2 atom stereocenters. The molecule has 1 heterocycles. The van der Waals surface area contributed by atoms with Crippen molar-refractivity contribution in [3.63, 3.8) is 0 Å². The normalized spacial score (nSPS) is 16.9. The maximum absolute atomic E-state index is 6.69. The minimum absolute atomic E-state index is 0.0432. The molecular formula is C36H29ClN2. The van der Waals surface area contributed by atoms with E-state index < -0.39 is 0 Å². The fourth-order valence-corrected chi connectivity index (χ4v) is 5.58. The number of aliphatic imine (C=N–C) groups is 2. The van der Waals surface area contributed by atoms with Crippen LogP contribution < -0.4 is 0 Å². The molecule has 0 aliphatic carbocycles. The van der Waals surface area contributed by atoms with E-state index in [0.717, 1.165) is 45.2 Å². The van der Waals surface area contributed by atoms with Crippen LogP contribution in [0.15, 0.2) is 143 Å². The molecule has 5 aromatic rings. The summed E-state index contributed by atoms with van der Waals surface area (Å²) in [7, 11) is 0. The number of benzene rings is 5. The first kappa shape index (κ1) is 25.0. The number of hydrogen-bond acceptors (Lipinski definition) is 2. The van der Waals surface area contributed by atoms with E-state index in [1.807, 2.05) is 48.5 Å². The third-order valence-corrected chi connectivity index (χ3v) is 7.73. The molecule has 39 heavy (non-hydrogen) atoms. The SMILES string of the molecule is CC[C@H]1C(c2ccc(Cl)c(-c3ccccc3)c2)=NC(c2ccccc2)=NC1c1ccc(-c2ccccc2)cc1. The van der Waals surface area contributed by atoms with E-state index in [2.05, 4.69) is 91.9 Å². The van der Waals surface area contributed by atoms with Crippen LogP contribution >= 0.6 is 11.6 Å². The summed E-state index contributed by atoms with van der Waals surface area (Å²) < 4.78 is 0. The molecule has 1 unspecified atom stereocenters. The van der Waals surface area contributed by atoms with E-state index >= 15 is 0 Å². The van der Waals surface area contributed by atoms with Crippen molar-refractivity contribution in [2.75, 3.05) is 0 Å². The summed E-state index contributed by atoms with van der Waals surface area (Å²) >= 11 is 6.69. The molecule has 2 nitrogen and oxygen atoms in total. The molecule has 0 fully saturated rings. The second-order valence-corrected chi connectivity index (χ2v) is 10.2. The van der Waals surface area contributed by atoms with Crippen LogP contribution in [0, 0.1) is 5.92 Å². The van der Waals surface area contributed by atoms with Gasteiger partial charge in [-0.15, -0.1) is 0 Å². The molecule has 0 radical (unpaired) electrons. The molecule has 0 saturated carbocycles. The summed E-state index contributed by atoms with van der Waals surface area (Å²) in [6.45, 7) is 2.22. The molecule has 6 rings (SSSR count). The summed E-state index contributed by atoms with van der Waals surface area (Å²) in [5.74, 6) is 0.897. The van der Waals surface area contributed by atoms with E-state index in [0.29, 0.717) is 0 Å². The predicted molar refractivity (Wildman–Crippen MR) is 165 cm³/mol. The minimum Gasteiger partial charge on any atom is -0.257 e. The summed E-state index contributed by atoms with van der Waals surface area (Å²) in [5, 5.41) is 0.736. The van der Waals surface area contributed by atoms with Crippen molar-refractivity contribution in [2.24, 2.45) is 15.9 Å². The fourth-order valence-electron chi connectivity index (χ4n) is 5.35. The Bertz CT molecular complexity index is 1620. The van der Waals surface area contributed by atoms with Crippen LogP contribution in [-0.4, -0.2) is 11.5 Å². The Kier molecular flexibility index (Phi) is 7.21. The van der Waals surface area contributed by atoms with E-state index in [9.17, 15) is 0 Å². The highest BCUT2D eigenvalue weighted by molar-refractivity contribution is 6.33. The average molecular weight is 525 g/mol. The number of hydrogen-bond donors (Lipinski definition) is 0. The average Bonchev–Trinajstić information content (AvgIpc) is 3.02. The van der Waals surface area contributed by atoms with Gasteiger partial charge in [0.1, 0.15) is 0 Å². The number of nitrogens with zero attached hydrogens (tertiary/aromatic N) is 2. The first-order chi connectivity index (χ1) is 19.2. The van der Waals surface area contributed by atoms with Crippen molar-refractivity contribution < 1.29 is 0 Å². The van der Waals surface area contributed by atoms with Crippen LogP contribution in [-0.2, 0) is 0 Å². The summed E-state index contributed by atoms with van der Waals surface area (Å²) in [4.78, 5) is 10.5. The zero-order valence-electron chi connectivity index (χ0n) is 21.8. The molecule has 1 aliphatic heterocycles. The Labute approximate surface area is 235 Å². The van der Waals surface area contributed by atoms with Gasteiger partial charge in [0, 0.05) is 22.1 Å². The Hall–Kier alpha value is -4.27. The first-order valence-corrected chi connectivity index (χ1v) is 13.8. The van der Waals surface area contributed by atoms with Crippen molar-refractivity contribution >= 4 is 23.1 Å². The van der Waals surface area contributed by atoms with Crippen molar-refractivity contribution in [3.8, 4) is 22.3 Å². The summed E-state index contributed by atoms with van der Waals surface area (Å²) in [5.41, 5.74) is 8.88. The molecule has 5 aromatic carbocycles. The Balaban J connectivity index is 1.45. The second-order valence-electron chi connectivity index (χ2n) is 9.82. The van der Waals surface area contributed by atoms with Crippen LogP contribution in [0.1, 0.15) is 36.1 Å². The van der Waals surface area contributed by atoms with E-state index in [1.165, 1.54) is 16.7 Å². The molecule has 0 amide bonds. The van der Waals surface area contributed by atoms with Crippen molar-refractivity contribution in [1.82, 2.24) is 0 Å². The lowest BCUT2D eigenvalue weighted by Crippen LogP contribution is -2.28. The molecular weight excluding hydrogens is 496 g/mol. The van der Waals surface area contributed by atoms with Crippen LogP contribution in [0.25, 0.3) is 22.3 Å². The zero-order chi connectivity index (χ0) is 26.6. The topological polar surface area (TPSA) is 24.7 Å². The van der Waals surface area contributed by atoms with Gasteiger partial charge in [-0.3, -0.25) is 4.99 Å². The minimum atomic E-state index is -0.0432. The molecule has 0 saturated heterocycles. The van der Waals surface area contributed by atoms with E-state index in [1.54, 1.807) is 0 Å². The van der Waals surface area contributed by atoms with E-state index in [4.69, 9.17) is 21.6 Å². The predicted octanol–water partition coefficient (Wildman–Crippen LogP) is 9.69. The molecule has 190 valence electrons. The lowest BCUT2D eigenvalue weighted by atomic mass is 9.82. The van der Waals surface area contributed by atoms with Gasteiger partial charge >= 0.3 is 0 Å². The Morgan fingerprint density at radius 2 is 1.13 bits per heavy atom. The van der Waals surface area contributed by atoms with Crippen molar-refractivity contribution in [1.29, 1.82) is 0 Å². The lowest BCUT2D eigenvalue weighted by molar-refractivity contribution is 0.532. The highest BCUT2D eigenvalue weighted by Gasteiger charge is 2.32. The maximum Gasteiger partial charge on any atom is 0.155 e. The van der Waals surface area contributed by atoms with Gasteiger partial charge in [0.05, 0.1) is 11.8 Å². The monoisotopic (exact) mass is 524 g/mol. The van der Waals surface area contributed by atoms with Crippen LogP contribution in [0.2, 0.25) is 5.02 Å². The third-order valence-electron chi connectivity index (χ3n) is 7.40. The van der Waals surface area contributed by atoms with Gasteiger partial charge in [-0.25, -0.2) is 4.99 Å². The van der Waals surface area contributed by atoms with E-state index in [-0.39, 0.29) is 12.0 Å². The molecule has 0 N–H and O–H groups in total. The van der Waals surface area contributed by atoms with Crippen LogP contribution in [0.5, 0.6) is 0 Å². The maximum atomic E-state index is 6.69. The van der Waals surface area contributed by atoms with Crippen LogP contribution in [0.4, 0.5) is 0 Å². The Morgan fingerprint density at radius 3 is 1.74 bits per heavy atom. The fraction of sp³-hybridized carbons (Fsp3) is 0.111. The molecule has 0 spiro atoms. The van der Waals surface area contributed by atoms with Gasteiger partial charge in [0.15, 0.2) is 5.84 Å². The Morgan fingerprint density at radius 1 is 0.590 bits per heavy atom. The summed E-state index contributed by atoms with van der Waals surface area (Å²) in [6, 6.07) is 46.1. The summed E-state index contributed by atoms with van der Waals surface area (Å²) in [6.07, 6.45) is 0.915. The van der Waals surface area contributed by atoms with Crippen molar-refractivity contribution in [3.05, 3.63) is 155 Å². The van der Waals surface area contributed by atoms with Gasteiger partial charge in [-0.2, -0.15) is 0 Å². The zero-order valence-corrected chi connectivity index (χ0v) is 22.6. The van der Waals surface area contributed by atoms with Gasteiger partial charge in [0.25, 0.3) is 0 Å². The molecule has 1 aliphatic rings. The van der Waals surface area contributed by atoms with Gasteiger partial charge < -0.3 is 0 Å². The molecule has 0 bridgehead atoms. The first-order valence-electron chi connectivity index (χ1n) is 13.4. The van der Waals surface area contributed by atoms with Crippen molar-refractivity contribution in [2.45, 2.75) is 19.4 Å². The third kappa shape index (κ3) is 5.21. The highest BCUT2D eigenvalue weighted by Crippen LogP contribution is 2.38. The van der Waals surface area contributed by atoms with Gasteiger partial charge in [-0.1, -0.05) is 140 Å². The quantitative estimate of drug-likeness (QED) is 0.211. The lowest BCUT2D eigenvalue weighted by Gasteiger charge is -2.30. The smallest absolute Gasteiger partial charge is 0.155 e. The molecule has 0 aromatic heterocycles. The standard InChI is InChI=1S/C36H29ClN2/c1-2-31-34(28-20-18-26(19-21-28)25-12-6-3-7-13-25)38-36(29-16-10-5-11-17-29)39-35(31)30-22-23-33(37)32(24-30)27-14-8-4-9-15-27/h3-24,31,34H,2H2,1H3/t31-,34?/m1/s1. The number of amidine groups is 1.